The summed E-state index contributed by atoms with van der Waals surface area (Å²) in [6, 6.07) is 6.24. The standard InChI is InChI=1S/C13H19Cl2N/c1-3-5-10(16-2)8-9-11-12(14)6-4-7-13(11)15/h4,6-7,10,16H,3,5,8-9H2,1-2H3. The topological polar surface area (TPSA) is 12.0 Å². The summed E-state index contributed by atoms with van der Waals surface area (Å²) in [5.41, 5.74) is 1.07. The quantitative estimate of drug-likeness (QED) is 0.803. The van der Waals surface area contributed by atoms with E-state index in [9.17, 15) is 0 Å². The van der Waals surface area contributed by atoms with Gasteiger partial charge in [0, 0.05) is 16.1 Å². The van der Waals surface area contributed by atoms with Crippen molar-refractivity contribution in [3.8, 4) is 0 Å². The third kappa shape index (κ3) is 3.97. The smallest absolute Gasteiger partial charge is 0.0452 e. The first-order valence-electron chi connectivity index (χ1n) is 5.79. The molecule has 0 aliphatic carbocycles. The number of halogens is 2. The second-order valence-corrected chi connectivity index (χ2v) is 4.83. The molecule has 0 bridgehead atoms. The summed E-state index contributed by atoms with van der Waals surface area (Å²) in [6.07, 6.45) is 4.40. The Bertz CT molecular complexity index is 305. The second-order valence-electron chi connectivity index (χ2n) is 4.01. The summed E-state index contributed by atoms with van der Waals surface area (Å²) in [5.74, 6) is 0. The van der Waals surface area contributed by atoms with Crippen LogP contribution in [-0.2, 0) is 6.42 Å². The van der Waals surface area contributed by atoms with Gasteiger partial charge >= 0.3 is 0 Å². The maximum atomic E-state index is 6.13. The predicted octanol–water partition coefficient (Wildman–Crippen LogP) is 4.31. The van der Waals surface area contributed by atoms with E-state index in [4.69, 9.17) is 23.2 Å². The monoisotopic (exact) mass is 259 g/mol. The SMILES string of the molecule is CCCC(CCc1c(Cl)cccc1Cl)NC. The van der Waals surface area contributed by atoms with Crippen molar-refractivity contribution >= 4 is 23.2 Å². The molecule has 90 valence electrons. The van der Waals surface area contributed by atoms with Crippen LogP contribution in [0.15, 0.2) is 18.2 Å². The van der Waals surface area contributed by atoms with Crippen molar-refractivity contribution in [3.05, 3.63) is 33.8 Å². The molecule has 0 aliphatic heterocycles. The molecule has 3 heteroatoms. The van der Waals surface area contributed by atoms with Gasteiger partial charge in [-0.3, -0.25) is 0 Å². The number of rotatable bonds is 6. The van der Waals surface area contributed by atoms with E-state index < -0.39 is 0 Å². The third-order valence-electron chi connectivity index (χ3n) is 2.85. The molecule has 0 amide bonds. The molecule has 0 aliphatic rings. The van der Waals surface area contributed by atoms with Gasteiger partial charge in [-0.1, -0.05) is 42.6 Å². The number of hydrogen-bond acceptors (Lipinski definition) is 1. The Kier molecular flexibility index (Phi) is 6.18. The van der Waals surface area contributed by atoms with E-state index in [1.54, 1.807) is 0 Å². The molecular formula is C13H19Cl2N. The average Bonchev–Trinajstić information content (AvgIpc) is 2.27. The van der Waals surface area contributed by atoms with Gasteiger partial charge in [-0.15, -0.1) is 0 Å². The first-order chi connectivity index (χ1) is 7.69. The molecule has 0 aromatic heterocycles. The van der Waals surface area contributed by atoms with Crippen molar-refractivity contribution in [1.29, 1.82) is 0 Å². The third-order valence-corrected chi connectivity index (χ3v) is 3.56. The van der Waals surface area contributed by atoms with E-state index in [2.05, 4.69) is 12.2 Å². The molecule has 0 fully saturated rings. The van der Waals surface area contributed by atoms with Crippen molar-refractivity contribution in [2.45, 2.75) is 38.6 Å². The minimum absolute atomic E-state index is 0.553. The van der Waals surface area contributed by atoms with Gasteiger partial charge in [0.2, 0.25) is 0 Å². The van der Waals surface area contributed by atoms with E-state index in [0.717, 1.165) is 28.5 Å². The Hall–Kier alpha value is -0.240. The lowest BCUT2D eigenvalue weighted by atomic mass is 10.0. The summed E-state index contributed by atoms with van der Waals surface area (Å²) >= 11 is 12.3. The van der Waals surface area contributed by atoms with Crippen LogP contribution in [-0.4, -0.2) is 13.1 Å². The van der Waals surface area contributed by atoms with E-state index in [1.807, 2.05) is 25.2 Å². The summed E-state index contributed by atoms with van der Waals surface area (Å²) in [6.45, 7) is 2.20. The highest BCUT2D eigenvalue weighted by molar-refractivity contribution is 6.35. The average molecular weight is 260 g/mol. The molecule has 0 heterocycles. The normalized spacial score (nSPS) is 12.8. The highest BCUT2D eigenvalue weighted by Gasteiger charge is 2.09. The number of hydrogen-bond donors (Lipinski definition) is 1. The Balaban J connectivity index is 2.59. The predicted molar refractivity (Wildman–Crippen MR) is 72.5 cm³/mol. The molecule has 1 aromatic rings. The summed E-state index contributed by atoms with van der Waals surface area (Å²) in [4.78, 5) is 0. The molecule has 1 atom stereocenters. The van der Waals surface area contributed by atoms with E-state index >= 15 is 0 Å². The number of nitrogens with one attached hydrogen (secondary N) is 1. The van der Waals surface area contributed by atoms with Gasteiger partial charge in [-0.2, -0.15) is 0 Å². The van der Waals surface area contributed by atoms with Gasteiger partial charge in [0.25, 0.3) is 0 Å². The van der Waals surface area contributed by atoms with Crippen LogP contribution in [0.3, 0.4) is 0 Å². The molecule has 1 nitrogen and oxygen atoms in total. The first-order valence-corrected chi connectivity index (χ1v) is 6.54. The zero-order valence-corrected chi connectivity index (χ0v) is 11.4. The zero-order valence-electron chi connectivity index (χ0n) is 9.89. The lowest BCUT2D eigenvalue weighted by Crippen LogP contribution is -2.25. The highest BCUT2D eigenvalue weighted by atomic mass is 35.5. The van der Waals surface area contributed by atoms with Gasteiger partial charge < -0.3 is 5.32 Å². The maximum absolute atomic E-state index is 6.13. The van der Waals surface area contributed by atoms with Crippen LogP contribution in [0.1, 0.15) is 31.7 Å². The second kappa shape index (κ2) is 7.16. The molecule has 0 saturated carbocycles. The molecule has 0 saturated heterocycles. The van der Waals surface area contributed by atoms with Crippen molar-refractivity contribution in [3.63, 3.8) is 0 Å². The van der Waals surface area contributed by atoms with E-state index in [-0.39, 0.29) is 0 Å². The molecule has 1 N–H and O–H groups in total. The van der Waals surface area contributed by atoms with Gasteiger partial charge in [0.15, 0.2) is 0 Å². The van der Waals surface area contributed by atoms with Gasteiger partial charge in [0.1, 0.15) is 0 Å². The fraction of sp³-hybridized carbons (Fsp3) is 0.538. The van der Waals surface area contributed by atoms with Gasteiger partial charge in [-0.05, 0) is 44.0 Å². The molecule has 1 aromatic carbocycles. The molecular weight excluding hydrogens is 241 g/mol. The van der Waals surface area contributed by atoms with Gasteiger partial charge in [-0.25, -0.2) is 0 Å². The molecule has 1 rings (SSSR count). The lowest BCUT2D eigenvalue weighted by Gasteiger charge is -2.15. The van der Waals surface area contributed by atoms with Crippen LogP contribution in [0.4, 0.5) is 0 Å². The first kappa shape index (κ1) is 13.8. The van der Waals surface area contributed by atoms with Crippen LogP contribution in [0.5, 0.6) is 0 Å². The maximum Gasteiger partial charge on any atom is 0.0452 e. The fourth-order valence-corrected chi connectivity index (χ4v) is 2.46. The minimum Gasteiger partial charge on any atom is -0.317 e. The van der Waals surface area contributed by atoms with Crippen LogP contribution in [0.2, 0.25) is 10.0 Å². The highest BCUT2D eigenvalue weighted by Crippen LogP contribution is 2.26. The van der Waals surface area contributed by atoms with Crippen molar-refractivity contribution < 1.29 is 0 Å². The van der Waals surface area contributed by atoms with Crippen LogP contribution in [0, 0.1) is 0 Å². The van der Waals surface area contributed by atoms with E-state index in [1.165, 1.54) is 12.8 Å². The van der Waals surface area contributed by atoms with Crippen molar-refractivity contribution in [2.75, 3.05) is 7.05 Å². The number of benzene rings is 1. The van der Waals surface area contributed by atoms with Gasteiger partial charge in [0.05, 0.1) is 0 Å². The molecule has 0 spiro atoms. The molecule has 1 unspecified atom stereocenters. The minimum atomic E-state index is 0.553. The van der Waals surface area contributed by atoms with E-state index in [0.29, 0.717) is 6.04 Å². The Morgan fingerprint density at radius 2 is 1.81 bits per heavy atom. The van der Waals surface area contributed by atoms with Crippen molar-refractivity contribution in [2.24, 2.45) is 0 Å². The van der Waals surface area contributed by atoms with Crippen LogP contribution in [0.25, 0.3) is 0 Å². The zero-order chi connectivity index (χ0) is 12.0. The van der Waals surface area contributed by atoms with Crippen LogP contribution < -0.4 is 5.32 Å². The van der Waals surface area contributed by atoms with Crippen LogP contribution >= 0.6 is 23.2 Å². The fourth-order valence-electron chi connectivity index (χ4n) is 1.87. The van der Waals surface area contributed by atoms with Crippen molar-refractivity contribution in [1.82, 2.24) is 5.32 Å². The Morgan fingerprint density at radius 3 is 2.31 bits per heavy atom. The Labute approximate surface area is 108 Å². The molecule has 0 radical (unpaired) electrons. The Morgan fingerprint density at radius 1 is 1.19 bits per heavy atom. The lowest BCUT2D eigenvalue weighted by molar-refractivity contribution is 0.484. The molecule has 16 heavy (non-hydrogen) atoms. The summed E-state index contributed by atoms with van der Waals surface area (Å²) in [7, 11) is 2.01. The largest absolute Gasteiger partial charge is 0.317 e. The summed E-state index contributed by atoms with van der Waals surface area (Å²) < 4.78 is 0. The summed E-state index contributed by atoms with van der Waals surface area (Å²) in [5, 5.41) is 4.88.